The molecule has 0 spiro atoms. The maximum atomic E-state index is 12.6. The Morgan fingerprint density at radius 1 is 1.03 bits per heavy atom. The summed E-state index contributed by atoms with van der Waals surface area (Å²) in [5.41, 5.74) is 2.97. The fourth-order valence-corrected chi connectivity index (χ4v) is 3.64. The molecule has 0 fully saturated rings. The lowest BCUT2D eigenvalue weighted by Crippen LogP contribution is -2.17. The average molecular weight is 426 g/mol. The molecule has 3 rings (SSSR count). The highest BCUT2D eigenvalue weighted by atomic mass is 32.2. The van der Waals surface area contributed by atoms with Crippen molar-refractivity contribution >= 4 is 35.0 Å². The number of carbonyl (C=O) groups excluding carboxylic acids is 2. The van der Waals surface area contributed by atoms with Gasteiger partial charge in [-0.25, -0.2) is 0 Å². The number of aromatic nitrogens is 3. The monoisotopic (exact) mass is 425 g/mol. The van der Waals surface area contributed by atoms with Gasteiger partial charge in [-0.05, 0) is 55.8 Å². The Hall–Kier alpha value is -3.33. The van der Waals surface area contributed by atoms with Crippen molar-refractivity contribution in [3.05, 3.63) is 53.9 Å². The molecule has 0 atom stereocenters. The normalized spacial score (nSPS) is 10.5. The minimum absolute atomic E-state index is 0.141. The van der Waals surface area contributed by atoms with Gasteiger partial charge in [0.1, 0.15) is 11.6 Å². The van der Waals surface area contributed by atoms with E-state index in [1.807, 2.05) is 54.8 Å². The van der Waals surface area contributed by atoms with E-state index in [2.05, 4.69) is 20.8 Å². The Morgan fingerprint density at radius 3 is 2.43 bits per heavy atom. The van der Waals surface area contributed by atoms with Gasteiger partial charge in [0.15, 0.2) is 5.16 Å². The van der Waals surface area contributed by atoms with E-state index >= 15 is 0 Å². The topological polar surface area (TPSA) is 98.1 Å². The van der Waals surface area contributed by atoms with Crippen LogP contribution in [0.4, 0.5) is 11.4 Å². The lowest BCUT2D eigenvalue weighted by atomic mass is 10.2. The number of hydrogen-bond acceptors (Lipinski definition) is 6. The molecule has 0 saturated heterocycles. The van der Waals surface area contributed by atoms with Crippen molar-refractivity contribution in [2.24, 2.45) is 0 Å². The molecule has 1 aromatic heterocycles. The number of carbonyl (C=O) groups is 2. The van der Waals surface area contributed by atoms with E-state index in [0.717, 1.165) is 22.8 Å². The second-order valence-electron chi connectivity index (χ2n) is 6.63. The zero-order valence-corrected chi connectivity index (χ0v) is 18.0. The van der Waals surface area contributed by atoms with Gasteiger partial charge >= 0.3 is 0 Å². The Morgan fingerprint density at radius 2 is 1.77 bits per heavy atom. The second-order valence-corrected chi connectivity index (χ2v) is 7.57. The first-order valence-corrected chi connectivity index (χ1v) is 10.2. The summed E-state index contributed by atoms with van der Waals surface area (Å²) in [6.45, 7) is 5.20. The molecule has 0 aliphatic carbocycles. The molecular weight excluding hydrogens is 402 g/mol. The highest BCUT2D eigenvalue weighted by Crippen LogP contribution is 2.26. The van der Waals surface area contributed by atoms with Crippen LogP contribution in [0, 0.1) is 13.8 Å². The van der Waals surface area contributed by atoms with E-state index in [4.69, 9.17) is 4.74 Å². The molecule has 1 heterocycles. The summed E-state index contributed by atoms with van der Waals surface area (Å²) >= 11 is 1.28. The van der Waals surface area contributed by atoms with Crippen LogP contribution in [0.3, 0.4) is 0 Å². The molecule has 8 nitrogen and oxygen atoms in total. The molecule has 2 amide bonds. The lowest BCUT2D eigenvalue weighted by molar-refractivity contribution is -0.115. The van der Waals surface area contributed by atoms with Gasteiger partial charge in [0.2, 0.25) is 11.8 Å². The molecule has 0 aliphatic heterocycles. The molecule has 0 saturated carbocycles. The van der Waals surface area contributed by atoms with E-state index < -0.39 is 0 Å². The Balaban J connectivity index is 1.72. The smallest absolute Gasteiger partial charge is 0.234 e. The van der Waals surface area contributed by atoms with Crippen molar-refractivity contribution in [3.8, 4) is 11.4 Å². The molecule has 9 heteroatoms. The maximum absolute atomic E-state index is 12.6. The number of benzene rings is 2. The maximum Gasteiger partial charge on any atom is 0.234 e. The van der Waals surface area contributed by atoms with Gasteiger partial charge in [0.25, 0.3) is 0 Å². The van der Waals surface area contributed by atoms with Crippen LogP contribution in [-0.2, 0) is 9.59 Å². The number of thioether (sulfide) groups is 1. The van der Waals surface area contributed by atoms with Crippen molar-refractivity contribution in [2.75, 3.05) is 23.5 Å². The quantitative estimate of drug-likeness (QED) is 0.562. The van der Waals surface area contributed by atoms with Crippen molar-refractivity contribution in [3.63, 3.8) is 0 Å². The zero-order valence-electron chi connectivity index (χ0n) is 17.2. The third-order valence-electron chi connectivity index (χ3n) is 4.22. The minimum atomic E-state index is -0.209. The summed E-state index contributed by atoms with van der Waals surface area (Å²) in [4.78, 5) is 24.0. The summed E-state index contributed by atoms with van der Waals surface area (Å²) < 4.78 is 7.08. The number of amides is 2. The van der Waals surface area contributed by atoms with Crippen LogP contribution < -0.4 is 15.4 Å². The third kappa shape index (κ3) is 5.18. The van der Waals surface area contributed by atoms with Gasteiger partial charge in [-0.2, -0.15) is 0 Å². The molecule has 30 heavy (non-hydrogen) atoms. The molecule has 2 aromatic carbocycles. The molecular formula is C21H23N5O3S. The second kappa shape index (κ2) is 9.45. The number of ether oxygens (including phenoxy) is 1. The fourth-order valence-electron chi connectivity index (χ4n) is 2.84. The largest absolute Gasteiger partial charge is 0.497 e. The van der Waals surface area contributed by atoms with E-state index in [1.165, 1.54) is 18.7 Å². The van der Waals surface area contributed by atoms with Gasteiger partial charge in [0.05, 0.1) is 24.2 Å². The van der Waals surface area contributed by atoms with E-state index in [-0.39, 0.29) is 17.6 Å². The number of hydrogen-bond donors (Lipinski definition) is 2. The van der Waals surface area contributed by atoms with Crippen LogP contribution in [0.5, 0.6) is 5.75 Å². The highest BCUT2D eigenvalue weighted by Gasteiger charge is 2.15. The predicted octanol–water partition coefficient (Wildman–Crippen LogP) is 3.58. The summed E-state index contributed by atoms with van der Waals surface area (Å²) in [7, 11) is 1.62. The zero-order chi connectivity index (χ0) is 21.7. The van der Waals surface area contributed by atoms with Crippen molar-refractivity contribution < 1.29 is 14.3 Å². The molecule has 2 N–H and O–H groups in total. The number of aryl methyl sites for hydroxylation is 2. The standard InChI is InChI=1S/C21H23N5O3S/c1-13-5-10-18(22-15(3)27)19(11-13)23-20(28)12-30-21-25-24-14(2)26(21)16-6-8-17(29-4)9-7-16/h5-11H,12H2,1-4H3,(H,22,27)(H,23,28). The lowest BCUT2D eigenvalue weighted by Gasteiger charge is -2.13. The van der Waals surface area contributed by atoms with Gasteiger partial charge in [-0.3, -0.25) is 14.2 Å². The van der Waals surface area contributed by atoms with Crippen molar-refractivity contribution in [1.82, 2.24) is 14.8 Å². The van der Waals surface area contributed by atoms with E-state index in [9.17, 15) is 9.59 Å². The number of nitrogens with one attached hydrogen (secondary N) is 2. The first-order valence-electron chi connectivity index (χ1n) is 9.24. The Kier molecular flexibility index (Phi) is 6.73. The van der Waals surface area contributed by atoms with Crippen LogP contribution in [0.25, 0.3) is 5.69 Å². The molecule has 3 aromatic rings. The van der Waals surface area contributed by atoms with Crippen LogP contribution in [-0.4, -0.2) is 39.4 Å². The molecule has 156 valence electrons. The van der Waals surface area contributed by atoms with Crippen LogP contribution in [0.15, 0.2) is 47.6 Å². The molecule has 0 aliphatic rings. The van der Waals surface area contributed by atoms with E-state index in [1.54, 1.807) is 13.2 Å². The average Bonchev–Trinajstić information content (AvgIpc) is 3.08. The SMILES string of the molecule is COc1ccc(-n2c(C)nnc2SCC(=O)Nc2cc(C)ccc2NC(C)=O)cc1. The number of rotatable bonds is 7. The summed E-state index contributed by atoms with van der Waals surface area (Å²) in [6, 6.07) is 13.0. The van der Waals surface area contributed by atoms with Crippen molar-refractivity contribution in [1.29, 1.82) is 0 Å². The van der Waals surface area contributed by atoms with Gasteiger partial charge in [-0.1, -0.05) is 17.8 Å². The number of anilines is 2. The predicted molar refractivity (Wildman–Crippen MR) is 117 cm³/mol. The third-order valence-corrected chi connectivity index (χ3v) is 5.15. The van der Waals surface area contributed by atoms with E-state index in [0.29, 0.717) is 16.5 Å². The Labute approximate surface area is 179 Å². The van der Waals surface area contributed by atoms with Crippen LogP contribution in [0.1, 0.15) is 18.3 Å². The molecule has 0 bridgehead atoms. The first-order chi connectivity index (χ1) is 14.4. The number of nitrogens with zero attached hydrogens (tertiary/aromatic N) is 3. The van der Waals surface area contributed by atoms with Crippen molar-refractivity contribution in [2.45, 2.75) is 25.9 Å². The van der Waals surface area contributed by atoms with Gasteiger partial charge < -0.3 is 15.4 Å². The minimum Gasteiger partial charge on any atom is -0.497 e. The summed E-state index contributed by atoms with van der Waals surface area (Å²) in [6.07, 6.45) is 0. The fraction of sp³-hybridized carbons (Fsp3) is 0.238. The Bertz CT molecular complexity index is 1060. The number of methoxy groups -OCH3 is 1. The summed E-state index contributed by atoms with van der Waals surface area (Å²) in [5.74, 6) is 1.20. The summed E-state index contributed by atoms with van der Waals surface area (Å²) in [5, 5.41) is 14.5. The first kappa shape index (κ1) is 21.4. The highest BCUT2D eigenvalue weighted by molar-refractivity contribution is 7.99. The van der Waals surface area contributed by atoms with Crippen LogP contribution >= 0.6 is 11.8 Å². The van der Waals surface area contributed by atoms with Gasteiger partial charge in [-0.15, -0.1) is 10.2 Å². The molecule has 0 radical (unpaired) electrons. The van der Waals surface area contributed by atoms with Crippen LogP contribution in [0.2, 0.25) is 0 Å². The van der Waals surface area contributed by atoms with Gasteiger partial charge in [0, 0.05) is 12.6 Å². The molecule has 0 unspecified atom stereocenters.